The van der Waals surface area contributed by atoms with Crippen molar-refractivity contribution in [2.75, 3.05) is 20.3 Å². The minimum Gasteiger partial charge on any atom is -0.383 e. The molecule has 198 valence electrons. The molecule has 38 heavy (non-hydrogen) atoms. The molecule has 0 aliphatic heterocycles. The van der Waals surface area contributed by atoms with Crippen LogP contribution in [-0.2, 0) is 17.7 Å². The Morgan fingerprint density at radius 3 is 2.37 bits per heavy atom. The van der Waals surface area contributed by atoms with Gasteiger partial charge in [-0.05, 0) is 55.2 Å². The predicted octanol–water partition coefficient (Wildman–Crippen LogP) is 6.03. The zero-order chi connectivity index (χ0) is 26.9. The molecular weight excluding hydrogens is 474 g/mol. The second-order valence-corrected chi connectivity index (χ2v) is 9.69. The number of aromatic nitrogens is 2. The summed E-state index contributed by atoms with van der Waals surface area (Å²) >= 11 is 0. The van der Waals surface area contributed by atoms with Crippen LogP contribution < -0.4 is 5.56 Å². The Hall–Kier alpha value is -3.77. The molecule has 6 heteroatoms. The van der Waals surface area contributed by atoms with Gasteiger partial charge in [-0.1, -0.05) is 74.4 Å². The standard InChI is InChI=1S/C32H37N3O3/c1-4-5-7-12-25-17-19-27(20-18-25)31(36)34(21-22-38-3)24(2)30-33-29-16-11-10-15-28(29)32(37)35(30)23-26-13-8-6-9-14-26/h6,8-11,13-20,24H,4-5,7,12,21-23H2,1-3H3. The molecule has 0 radical (unpaired) electrons. The number of unbranched alkanes of at least 4 members (excludes halogenated alkanes) is 2. The highest BCUT2D eigenvalue weighted by atomic mass is 16.5. The lowest BCUT2D eigenvalue weighted by atomic mass is 10.0. The first-order valence-electron chi connectivity index (χ1n) is 13.5. The number of carbonyl (C=O) groups is 1. The van der Waals surface area contributed by atoms with E-state index in [4.69, 9.17) is 9.72 Å². The van der Waals surface area contributed by atoms with E-state index in [9.17, 15) is 9.59 Å². The lowest BCUT2D eigenvalue weighted by molar-refractivity contribution is 0.0603. The van der Waals surface area contributed by atoms with Crippen LogP contribution in [0.1, 0.15) is 66.5 Å². The molecule has 1 amide bonds. The van der Waals surface area contributed by atoms with E-state index >= 15 is 0 Å². The van der Waals surface area contributed by atoms with Crippen molar-refractivity contribution in [3.8, 4) is 0 Å². The maximum atomic E-state index is 13.8. The largest absolute Gasteiger partial charge is 0.383 e. The molecule has 0 fully saturated rings. The zero-order valence-electron chi connectivity index (χ0n) is 22.6. The molecule has 0 aliphatic carbocycles. The van der Waals surface area contributed by atoms with Crippen LogP contribution in [0.3, 0.4) is 0 Å². The van der Waals surface area contributed by atoms with Crippen LogP contribution in [0.5, 0.6) is 0 Å². The van der Waals surface area contributed by atoms with Crippen molar-refractivity contribution in [3.05, 3.63) is 112 Å². The first-order chi connectivity index (χ1) is 18.5. The van der Waals surface area contributed by atoms with E-state index in [1.165, 1.54) is 18.4 Å². The number of benzene rings is 3. The number of para-hydroxylation sites is 1. The first kappa shape index (κ1) is 27.3. The average molecular weight is 512 g/mol. The summed E-state index contributed by atoms with van der Waals surface area (Å²) < 4.78 is 7.06. The number of aryl methyl sites for hydroxylation is 1. The lowest BCUT2D eigenvalue weighted by Crippen LogP contribution is -2.39. The van der Waals surface area contributed by atoms with Crippen molar-refractivity contribution in [2.24, 2.45) is 0 Å². The Kier molecular flexibility index (Phi) is 9.44. The quantitative estimate of drug-likeness (QED) is 0.218. The van der Waals surface area contributed by atoms with Gasteiger partial charge in [0.2, 0.25) is 0 Å². The van der Waals surface area contributed by atoms with Crippen molar-refractivity contribution >= 4 is 16.8 Å². The Morgan fingerprint density at radius 2 is 1.66 bits per heavy atom. The molecular formula is C32H37N3O3. The van der Waals surface area contributed by atoms with Crippen molar-refractivity contribution in [2.45, 2.75) is 52.1 Å². The van der Waals surface area contributed by atoms with Crippen molar-refractivity contribution in [3.63, 3.8) is 0 Å². The highest BCUT2D eigenvalue weighted by molar-refractivity contribution is 5.94. The average Bonchev–Trinajstić information content (AvgIpc) is 2.95. The van der Waals surface area contributed by atoms with Gasteiger partial charge < -0.3 is 9.64 Å². The summed E-state index contributed by atoms with van der Waals surface area (Å²) in [5.74, 6) is 0.446. The SMILES string of the molecule is CCCCCc1ccc(C(=O)N(CCOC)C(C)c2nc3ccccc3c(=O)n2Cc2ccccc2)cc1. The lowest BCUT2D eigenvalue weighted by Gasteiger charge is -2.30. The Bertz CT molecular complexity index is 1400. The van der Waals surface area contributed by atoms with Crippen LogP contribution in [0.25, 0.3) is 10.9 Å². The molecule has 0 saturated carbocycles. The van der Waals surface area contributed by atoms with Crippen molar-refractivity contribution in [1.82, 2.24) is 14.5 Å². The van der Waals surface area contributed by atoms with Gasteiger partial charge in [0, 0.05) is 19.2 Å². The summed E-state index contributed by atoms with van der Waals surface area (Å²) in [6.07, 6.45) is 4.54. The molecule has 6 nitrogen and oxygen atoms in total. The number of rotatable bonds is 12. The predicted molar refractivity (Wildman–Crippen MR) is 153 cm³/mol. The molecule has 4 rings (SSSR count). The fourth-order valence-electron chi connectivity index (χ4n) is 4.78. The van der Waals surface area contributed by atoms with Gasteiger partial charge in [0.05, 0.1) is 30.1 Å². The fraction of sp³-hybridized carbons (Fsp3) is 0.344. The molecule has 0 spiro atoms. The van der Waals surface area contributed by atoms with Crippen LogP contribution in [0.2, 0.25) is 0 Å². The summed E-state index contributed by atoms with van der Waals surface area (Å²) in [5, 5.41) is 0.563. The maximum Gasteiger partial charge on any atom is 0.261 e. The fourth-order valence-corrected chi connectivity index (χ4v) is 4.78. The van der Waals surface area contributed by atoms with Gasteiger partial charge in [-0.15, -0.1) is 0 Å². The second kappa shape index (κ2) is 13.2. The van der Waals surface area contributed by atoms with Gasteiger partial charge in [-0.25, -0.2) is 4.98 Å². The molecule has 0 bridgehead atoms. The van der Waals surface area contributed by atoms with E-state index in [-0.39, 0.29) is 11.5 Å². The summed E-state index contributed by atoms with van der Waals surface area (Å²) in [5.41, 5.74) is 3.36. The van der Waals surface area contributed by atoms with Crippen LogP contribution in [0, 0.1) is 0 Å². The smallest absolute Gasteiger partial charge is 0.261 e. The monoisotopic (exact) mass is 511 g/mol. The van der Waals surface area contributed by atoms with E-state index in [2.05, 4.69) is 6.92 Å². The van der Waals surface area contributed by atoms with E-state index in [0.717, 1.165) is 18.4 Å². The molecule has 1 heterocycles. The van der Waals surface area contributed by atoms with Gasteiger partial charge in [0.1, 0.15) is 5.82 Å². The van der Waals surface area contributed by atoms with Crippen LogP contribution >= 0.6 is 0 Å². The van der Waals surface area contributed by atoms with E-state index in [1.54, 1.807) is 22.6 Å². The Morgan fingerprint density at radius 1 is 0.947 bits per heavy atom. The first-order valence-corrected chi connectivity index (χ1v) is 13.5. The summed E-state index contributed by atoms with van der Waals surface area (Å²) in [4.78, 5) is 34.2. The van der Waals surface area contributed by atoms with E-state index in [1.807, 2.05) is 79.7 Å². The normalized spacial score (nSPS) is 12.0. The number of fused-ring (bicyclic) bond motifs is 1. The molecule has 0 aliphatic rings. The molecule has 1 atom stereocenters. The van der Waals surface area contributed by atoms with Crippen LogP contribution in [-0.4, -0.2) is 40.6 Å². The van der Waals surface area contributed by atoms with Gasteiger partial charge in [0.15, 0.2) is 0 Å². The molecule has 0 saturated heterocycles. The molecule has 1 unspecified atom stereocenters. The second-order valence-electron chi connectivity index (χ2n) is 9.69. The number of hydrogen-bond donors (Lipinski definition) is 0. The molecule has 4 aromatic rings. The molecule has 1 aromatic heterocycles. The van der Waals surface area contributed by atoms with Crippen molar-refractivity contribution < 1.29 is 9.53 Å². The third kappa shape index (κ3) is 6.37. The highest BCUT2D eigenvalue weighted by Gasteiger charge is 2.27. The molecule has 0 N–H and O–H groups in total. The minimum atomic E-state index is -0.456. The Labute approximate surface area is 224 Å². The topological polar surface area (TPSA) is 64.4 Å². The number of amides is 1. The number of hydrogen-bond acceptors (Lipinski definition) is 4. The van der Waals surface area contributed by atoms with Gasteiger partial charge in [-0.2, -0.15) is 0 Å². The van der Waals surface area contributed by atoms with Gasteiger partial charge in [0.25, 0.3) is 11.5 Å². The summed E-state index contributed by atoms with van der Waals surface area (Å²) in [6.45, 7) is 5.26. The van der Waals surface area contributed by atoms with Gasteiger partial charge in [-0.3, -0.25) is 14.2 Å². The highest BCUT2D eigenvalue weighted by Crippen LogP contribution is 2.23. The maximum absolute atomic E-state index is 13.8. The third-order valence-corrected chi connectivity index (χ3v) is 6.98. The number of methoxy groups -OCH3 is 1. The number of ether oxygens (including phenoxy) is 1. The molecule has 3 aromatic carbocycles. The zero-order valence-corrected chi connectivity index (χ0v) is 22.6. The van der Waals surface area contributed by atoms with Crippen LogP contribution in [0.4, 0.5) is 0 Å². The summed E-state index contributed by atoms with van der Waals surface area (Å²) in [6, 6.07) is 24.7. The van der Waals surface area contributed by atoms with E-state index < -0.39 is 6.04 Å². The number of carbonyl (C=O) groups excluding carboxylic acids is 1. The summed E-state index contributed by atoms with van der Waals surface area (Å²) in [7, 11) is 1.62. The number of nitrogens with zero attached hydrogens (tertiary/aromatic N) is 3. The Balaban J connectivity index is 1.72. The van der Waals surface area contributed by atoms with E-state index in [0.29, 0.717) is 42.0 Å². The minimum absolute atomic E-state index is 0.108. The van der Waals surface area contributed by atoms with Crippen molar-refractivity contribution in [1.29, 1.82) is 0 Å². The third-order valence-electron chi connectivity index (χ3n) is 6.98. The van der Waals surface area contributed by atoms with Gasteiger partial charge >= 0.3 is 0 Å². The van der Waals surface area contributed by atoms with Crippen LogP contribution in [0.15, 0.2) is 83.7 Å².